The molecule has 1 saturated heterocycles. The van der Waals surface area contributed by atoms with Crippen LogP contribution in [0.15, 0.2) is 46.9 Å². The second-order valence-electron chi connectivity index (χ2n) is 7.06. The molecule has 0 atom stereocenters. The van der Waals surface area contributed by atoms with Gasteiger partial charge in [-0.15, -0.1) is 0 Å². The van der Waals surface area contributed by atoms with Gasteiger partial charge in [0.15, 0.2) is 0 Å². The molecule has 28 heavy (non-hydrogen) atoms. The third-order valence-electron chi connectivity index (χ3n) is 4.81. The van der Waals surface area contributed by atoms with E-state index < -0.39 is 10.0 Å². The summed E-state index contributed by atoms with van der Waals surface area (Å²) in [6.07, 6.45) is 1.25. The molecule has 0 spiro atoms. The maximum absolute atomic E-state index is 12.6. The molecule has 0 radical (unpaired) electrons. The number of amides is 1. The van der Waals surface area contributed by atoms with Crippen LogP contribution >= 0.6 is 15.9 Å². The van der Waals surface area contributed by atoms with Crippen LogP contribution in [-0.2, 0) is 16.6 Å². The molecule has 8 heteroatoms. The fraction of sp³-hybridized carbons (Fsp3) is 0.350. The average Bonchev–Trinajstić information content (AvgIpc) is 2.65. The molecule has 1 N–H and O–H groups in total. The summed E-state index contributed by atoms with van der Waals surface area (Å²) in [5.41, 5.74) is 3.45. The molecule has 3 rings (SSSR count). The number of piperazine rings is 1. The smallest absolute Gasteiger partial charge is 0.255 e. The van der Waals surface area contributed by atoms with Crippen molar-refractivity contribution in [3.05, 3.63) is 63.6 Å². The predicted octanol–water partition coefficient (Wildman–Crippen LogP) is 3.09. The lowest BCUT2D eigenvalue weighted by molar-refractivity contribution is 0.102. The first kappa shape index (κ1) is 21.0. The number of carbonyl (C=O) groups is 1. The van der Waals surface area contributed by atoms with E-state index in [1.54, 1.807) is 6.07 Å². The zero-order chi connectivity index (χ0) is 20.3. The Balaban J connectivity index is 1.62. The minimum atomic E-state index is -3.12. The molecule has 2 aromatic carbocycles. The highest BCUT2D eigenvalue weighted by molar-refractivity contribution is 9.10. The molecule has 1 amide bonds. The summed E-state index contributed by atoms with van der Waals surface area (Å²) in [6.45, 7) is 5.03. The number of sulfonamides is 1. The Labute approximate surface area is 174 Å². The minimum absolute atomic E-state index is 0.148. The topological polar surface area (TPSA) is 69.7 Å². The van der Waals surface area contributed by atoms with Crippen LogP contribution in [0.4, 0.5) is 5.69 Å². The van der Waals surface area contributed by atoms with Crippen molar-refractivity contribution in [2.24, 2.45) is 0 Å². The first-order chi connectivity index (χ1) is 13.2. The second kappa shape index (κ2) is 8.73. The van der Waals surface area contributed by atoms with Crippen molar-refractivity contribution in [2.45, 2.75) is 13.5 Å². The van der Waals surface area contributed by atoms with Gasteiger partial charge >= 0.3 is 0 Å². The zero-order valence-electron chi connectivity index (χ0n) is 16.0. The second-order valence-corrected chi connectivity index (χ2v) is 9.89. The number of anilines is 1. The quantitative estimate of drug-likeness (QED) is 0.736. The molecule has 1 aliphatic rings. The summed E-state index contributed by atoms with van der Waals surface area (Å²) < 4.78 is 25.8. The van der Waals surface area contributed by atoms with E-state index in [0.29, 0.717) is 38.3 Å². The maximum Gasteiger partial charge on any atom is 0.255 e. The standard InChI is InChI=1S/C20H24BrN3O3S/c1-15-12-18(6-7-19(15)21)22-20(25)17-5-3-4-16(13-17)14-23-8-10-24(11-9-23)28(2,26)27/h3-7,12-13H,8-11,14H2,1-2H3,(H,22,25). The van der Waals surface area contributed by atoms with Crippen LogP contribution in [0.3, 0.4) is 0 Å². The molecule has 2 aromatic rings. The van der Waals surface area contributed by atoms with Gasteiger partial charge < -0.3 is 5.32 Å². The number of hydrogen-bond donors (Lipinski definition) is 1. The molecule has 0 saturated carbocycles. The lowest BCUT2D eigenvalue weighted by atomic mass is 10.1. The average molecular weight is 466 g/mol. The van der Waals surface area contributed by atoms with Gasteiger partial charge in [0.05, 0.1) is 6.26 Å². The number of aryl methyl sites for hydroxylation is 1. The van der Waals surface area contributed by atoms with E-state index >= 15 is 0 Å². The molecule has 0 aromatic heterocycles. The van der Waals surface area contributed by atoms with E-state index in [4.69, 9.17) is 0 Å². The molecule has 0 aliphatic carbocycles. The Hall–Kier alpha value is -1.74. The number of nitrogens with one attached hydrogen (secondary N) is 1. The lowest BCUT2D eigenvalue weighted by Gasteiger charge is -2.33. The van der Waals surface area contributed by atoms with Gasteiger partial charge in [-0.05, 0) is 48.4 Å². The number of carbonyl (C=O) groups excluding carboxylic acids is 1. The Morgan fingerprint density at radius 1 is 1.11 bits per heavy atom. The highest BCUT2D eigenvalue weighted by Crippen LogP contribution is 2.21. The molecule has 0 unspecified atom stereocenters. The molecule has 1 heterocycles. The van der Waals surface area contributed by atoms with Crippen LogP contribution in [0.1, 0.15) is 21.5 Å². The molecule has 1 aliphatic heterocycles. The van der Waals surface area contributed by atoms with E-state index in [2.05, 4.69) is 26.1 Å². The summed E-state index contributed by atoms with van der Waals surface area (Å²) in [5.74, 6) is -0.148. The van der Waals surface area contributed by atoms with Crippen molar-refractivity contribution >= 4 is 37.5 Å². The number of benzene rings is 2. The Morgan fingerprint density at radius 3 is 2.46 bits per heavy atom. The summed E-state index contributed by atoms with van der Waals surface area (Å²) in [6, 6.07) is 13.3. The van der Waals surface area contributed by atoms with Crippen molar-refractivity contribution in [1.82, 2.24) is 9.21 Å². The SMILES string of the molecule is Cc1cc(NC(=O)c2cccc(CN3CCN(S(C)(=O)=O)CC3)c2)ccc1Br. The van der Waals surface area contributed by atoms with Crippen LogP contribution in [0.25, 0.3) is 0 Å². The van der Waals surface area contributed by atoms with Gasteiger partial charge in [-0.1, -0.05) is 28.1 Å². The van der Waals surface area contributed by atoms with Crippen molar-refractivity contribution in [1.29, 1.82) is 0 Å². The highest BCUT2D eigenvalue weighted by atomic mass is 79.9. The van der Waals surface area contributed by atoms with Crippen LogP contribution in [0.2, 0.25) is 0 Å². The lowest BCUT2D eigenvalue weighted by Crippen LogP contribution is -2.47. The minimum Gasteiger partial charge on any atom is -0.322 e. The summed E-state index contributed by atoms with van der Waals surface area (Å²) in [7, 11) is -3.12. The van der Waals surface area contributed by atoms with E-state index in [0.717, 1.165) is 21.3 Å². The highest BCUT2D eigenvalue weighted by Gasteiger charge is 2.23. The maximum atomic E-state index is 12.6. The Kier molecular flexibility index (Phi) is 6.54. The van der Waals surface area contributed by atoms with E-state index in [-0.39, 0.29) is 5.91 Å². The molecule has 150 valence electrons. The van der Waals surface area contributed by atoms with E-state index in [9.17, 15) is 13.2 Å². The summed E-state index contributed by atoms with van der Waals surface area (Å²) >= 11 is 3.46. The summed E-state index contributed by atoms with van der Waals surface area (Å²) in [5, 5.41) is 2.93. The number of halogens is 1. The van der Waals surface area contributed by atoms with Crippen molar-refractivity contribution in [2.75, 3.05) is 37.8 Å². The first-order valence-electron chi connectivity index (χ1n) is 9.06. The van der Waals surface area contributed by atoms with Crippen molar-refractivity contribution in [3.63, 3.8) is 0 Å². The van der Waals surface area contributed by atoms with Crippen LogP contribution in [0.5, 0.6) is 0 Å². The summed E-state index contributed by atoms with van der Waals surface area (Å²) in [4.78, 5) is 14.8. The van der Waals surface area contributed by atoms with Gasteiger partial charge in [0.25, 0.3) is 5.91 Å². The first-order valence-corrected chi connectivity index (χ1v) is 11.7. The fourth-order valence-electron chi connectivity index (χ4n) is 3.21. The van der Waals surface area contributed by atoms with Gasteiger partial charge in [-0.2, -0.15) is 4.31 Å². The zero-order valence-corrected chi connectivity index (χ0v) is 18.4. The molecule has 1 fully saturated rings. The van der Waals surface area contributed by atoms with Gasteiger partial charge in [-0.3, -0.25) is 9.69 Å². The normalized spacial score (nSPS) is 16.1. The van der Waals surface area contributed by atoms with Crippen molar-refractivity contribution < 1.29 is 13.2 Å². The van der Waals surface area contributed by atoms with Crippen LogP contribution in [-0.4, -0.2) is 56.0 Å². The molecule has 6 nitrogen and oxygen atoms in total. The predicted molar refractivity (Wildman–Crippen MR) is 115 cm³/mol. The molecule has 0 bridgehead atoms. The number of rotatable bonds is 5. The third kappa shape index (κ3) is 5.41. The van der Waals surface area contributed by atoms with Crippen LogP contribution < -0.4 is 5.32 Å². The molecular formula is C20H24BrN3O3S. The van der Waals surface area contributed by atoms with E-state index in [1.165, 1.54) is 10.6 Å². The number of hydrogen-bond acceptors (Lipinski definition) is 4. The van der Waals surface area contributed by atoms with Gasteiger partial charge in [0.1, 0.15) is 0 Å². The van der Waals surface area contributed by atoms with Crippen LogP contribution in [0, 0.1) is 6.92 Å². The largest absolute Gasteiger partial charge is 0.322 e. The monoisotopic (exact) mass is 465 g/mol. The van der Waals surface area contributed by atoms with E-state index in [1.807, 2.05) is 43.3 Å². The Bertz CT molecular complexity index is 970. The van der Waals surface area contributed by atoms with Gasteiger partial charge in [0, 0.05) is 48.4 Å². The molecular weight excluding hydrogens is 442 g/mol. The van der Waals surface area contributed by atoms with Crippen molar-refractivity contribution in [3.8, 4) is 0 Å². The van der Waals surface area contributed by atoms with Gasteiger partial charge in [0.2, 0.25) is 10.0 Å². The third-order valence-corrected chi connectivity index (χ3v) is 7.00. The fourth-order valence-corrected chi connectivity index (χ4v) is 4.29. The Morgan fingerprint density at radius 2 is 1.82 bits per heavy atom. The number of nitrogens with zero attached hydrogens (tertiary/aromatic N) is 2. The van der Waals surface area contributed by atoms with Gasteiger partial charge in [-0.25, -0.2) is 8.42 Å².